The number of hydrogen-bond acceptors (Lipinski definition) is 3. The lowest BCUT2D eigenvalue weighted by atomic mass is 10.0. The number of hydrogen-bond donors (Lipinski definition) is 1. The SMILES string of the molecule is CCCCC(N)C(=O)CCc1nccn1C. The Morgan fingerprint density at radius 3 is 2.94 bits per heavy atom. The molecule has 1 atom stereocenters. The highest BCUT2D eigenvalue weighted by Crippen LogP contribution is 2.05. The fourth-order valence-electron chi connectivity index (χ4n) is 1.64. The molecule has 0 aromatic carbocycles. The number of rotatable bonds is 7. The van der Waals surface area contributed by atoms with Crippen molar-refractivity contribution in [3.8, 4) is 0 Å². The molecule has 0 aliphatic rings. The van der Waals surface area contributed by atoms with E-state index in [2.05, 4.69) is 11.9 Å². The fraction of sp³-hybridized carbons (Fsp3) is 0.667. The van der Waals surface area contributed by atoms with Gasteiger partial charge in [-0.2, -0.15) is 0 Å². The van der Waals surface area contributed by atoms with E-state index < -0.39 is 0 Å². The summed E-state index contributed by atoms with van der Waals surface area (Å²) in [5.74, 6) is 1.09. The maximum absolute atomic E-state index is 11.7. The number of carbonyl (C=O) groups is 1. The van der Waals surface area contributed by atoms with Crippen molar-refractivity contribution in [3.05, 3.63) is 18.2 Å². The van der Waals surface area contributed by atoms with Crippen LogP contribution in [0.4, 0.5) is 0 Å². The van der Waals surface area contributed by atoms with Gasteiger partial charge in [0.25, 0.3) is 0 Å². The Kier molecular flexibility index (Phi) is 5.19. The number of aromatic nitrogens is 2. The van der Waals surface area contributed by atoms with Crippen LogP contribution in [0.5, 0.6) is 0 Å². The molecule has 0 bridgehead atoms. The number of nitrogens with two attached hydrogens (primary N) is 1. The number of carbonyl (C=O) groups excluding carboxylic acids is 1. The Morgan fingerprint density at radius 1 is 1.62 bits per heavy atom. The molecule has 90 valence electrons. The first-order valence-corrected chi connectivity index (χ1v) is 5.89. The third-order valence-corrected chi connectivity index (χ3v) is 2.80. The molecule has 0 saturated heterocycles. The molecule has 2 N–H and O–H groups in total. The largest absolute Gasteiger partial charge is 0.338 e. The van der Waals surface area contributed by atoms with Crippen molar-refractivity contribution < 1.29 is 4.79 Å². The highest BCUT2D eigenvalue weighted by Gasteiger charge is 2.13. The standard InChI is InChI=1S/C12H21N3O/c1-3-4-5-10(13)11(16)6-7-12-14-8-9-15(12)2/h8-10H,3-7,13H2,1-2H3. The number of unbranched alkanes of at least 4 members (excludes halogenated alkanes) is 1. The number of Topliss-reactive ketones (excluding diaryl/α,β-unsaturated/α-hetero) is 1. The fourth-order valence-corrected chi connectivity index (χ4v) is 1.64. The Hall–Kier alpha value is -1.16. The summed E-state index contributed by atoms with van der Waals surface area (Å²) in [6, 6.07) is -0.291. The maximum Gasteiger partial charge on any atom is 0.149 e. The van der Waals surface area contributed by atoms with Crippen LogP contribution in [0.25, 0.3) is 0 Å². The van der Waals surface area contributed by atoms with Gasteiger partial charge in [-0.05, 0) is 6.42 Å². The molecule has 16 heavy (non-hydrogen) atoms. The highest BCUT2D eigenvalue weighted by molar-refractivity contribution is 5.83. The summed E-state index contributed by atoms with van der Waals surface area (Å²) in [4.78, 5) is 15.9. The van der Waals surface area contributed by atoms with Gasteiger partial charge in [0.2, 0.25) is 0 Å². The van der Waals surface area contributed by atoms with Crippen LogP contribution in [0.1, 0.15) is 38.4 Å². The van der Waals surface area contributed by atoms with Crippen molar-refractivity contribution in [1.29, 1.82) is 0 Å². The second kappa shape index (κ2) is 6.43. The third-order valence-electron chi connectivity index (χ3n) is 2.80. The van der Waals surface area contributed by atoms with Crippen molar-refractivity contribution in [1.82, 2.24) is 9.55 Å². The van der Waals surface area contributed by atoms with E-state index in [1.165, 1.54) is 0 Å². The lowest BCUT2D eigenvalue weighted by Crippen LogP contribution is -2.30. The molecular weight excluding hydrogens is 202 g/mol. The summed E-state index contributed by atoms with van der Waals surface area (Å²) in [5, 5.41) is 0. The van der Waals surface area contributed by atoms with E-state index in [1.54, 1.807) is 6.20 Å². The lowest BCUT2D eigenvalue weighted by molar-refractivity contribution is -0.120. The molecule has 0 aliphatic heterocycles. The van der Waals surface area contributed by atoms with Crippen LogP contribution >= 0.6 is 0 Å². The molecular formula is C12H21N3O. The lowest BCUT2D eigenvalue weighted by Gasteiger charge is -2.09. The number of ketones is 1. The minimum Gasteiger partial charge on any atom is -0.338 e. The van der Waals surface area contributed by atoms with Crippen LogP contribution < -0.4 is 5.73 Å². The van der Waals surface area contributed by atoms with Gasteiger partial charge in [-0.1, -0.05) is 19.8 Å². The number of aryl methyl sites for hydroxylation is 2. The van der Waals surface area contributed by atoms with Crippen LogP contribution in [0.3, 0.4) is 0 Å². The monoisotopic (exact) mass is 223 g/mol. The summed E-state index contributed by atoms with van der Waals surface area (Å²) in [6.45, 7) is 2.10. The van der Waals surface area contributed by atoms with Crippen LogP contribution in [0, 0.1) is 0 Å². The predicted octanol–water partition coefficient (Wildman–Crippen LogP) is 1.44. The first kappa shape index (κ1) is 12.9. The second-order valence-electron chi connectivity index (χ2n) is 4.17. The summed E-state index contributed by atoms with van der Waals surface area (Å²) >= 11 is 0. The van der Waals surface area contributed by atoms with Gasteiger partial charge in [-0.25, -0.2) is 4.98 Å². The zero-order valence-corrected chi connectivity index (χ0v) is 10.1. The second-order valence-corrected chi connectivity index (χ2v) is 4.17. The molecule has 0 amide bonds. The minimum absolute atomic E-state index is 0.149. The average molecular weight is 223 g/mol. The molecule has 1 rings (SSSR count). The molecule has 0 spiro atoms. The van der Waals surface area contributed by atoms with Gasteiger partial charge in [-0.15, -0.1) is 0 Å². The number of imidazole rings is 1. The van der Waals surface area contributed by atoms with Gasteiger partial charge >= 0.3 is 0 Å². The van der Waals surface area contributed by atoms with Gasteiger partial charge in [0.05, 0.1) is 6.04 Å². The molecule has 1 aromatic heterocycles. The predicted molar refractivity (Wildman–Crippen MR) is 64.0 cm³/mol. The summed E-state index contributed by atoms with van der Waals surface area (Å²) in [7, 11) is 1.93. The van der Waals surface area contributed by atoms with Crippen LogP contribution in [-0.4, -0.2) is 21.4 Å². The van der Waals surface area contributed by atoms with E-state index in [-0.39, 0.29) is 11.8 Å². The van der Waals surface area contributed by atoms with E-state index in [0.29, 0.717) is 12.8 Å². The molecule has 1 unspecified atom stereocenters. The Morgan fingerprint density at radius 2 is 2.38 bits per heavy atom. The minimum atomic E-state index is -0.291. The first-order chi connectivity index (χ1) is 7.65. The Bertz CT molecular complexity index is 333. The first-order valence-electron chi connectivity index (χ1n) is 5.89. The number of nitrogens with zero attached hydrogens (tertiary/aromatic N) is 2. The third kappa shape index (κ3) is 3.77. The highest BCUT2D eigenvalue weighted by atomic mass is 16.1. The van der Waals surface area contributed by atoms with Crippen LogP contribution in [0.15, 0.2) is 12.4 Å². The van der Waals surface area contributed by atoms with E-state index >= 15 is 0 Å². The Labute approximate surface area is 96.9 Å². The van der Waals surface area contributed by atoms with Crippen LogP contribution in [-0.2, 0) is 18.3 Å². The van der Waals surface area contributed by atoms with E-state index in [9.17, 15) is 4.79 Å². The Balaban J connectivity index is 2.32. The molecule has 1 aromatic rings. The zero-order valence-electron chi connectivity index (χ0n) is 10.1. The maximum atomic E-state index is 11.7. The molecule has 1 heterocycles. The smallest absolute Gasteiger partial charge is 0.149 e. The van der Waals surface area contributed by atoms with Gasteiger partial charge in [0, 0.05) is 32.3 Å². The van der Waals surface area contributed by atoms with Crippen molar-refractivity contribution in [2.24, 2.45) is 12.8 Å². The quantitative estimate of drug-likeness (QED) is 0.761. The molecule has 0 radical (unpaired) electrons. The van der Waals surface area contributed by atoms with Gasteiger partial charge in [-0.3, -0.25) is 4.79 Å². The topological polar surface area (TPSA) is 60.9 Å². The average Bonchev–Trinajstić information content (AvgIpc) is 2.68. The molecule has 4 nitrogen and oxygen atoms in total. The van der Waals surface area contributed by atoms with E-state index in [1.807, 2.05) is 17.8 Å². The zero-order chi connectivity index (χ0) is 12.0. The van der Waals surface area contributed by atoms with Gasteiger partial charge in [0.1, 0.15) is 11.6 Å². The van der Waals surface area contributed by atoms with Gasteiger partial charge < -0.3 is 10.3 Å². The van der Waals surface area contributed by atoms with Crippen molar-refractivity contribution in [2.75, 3.05) is 0 Å². The summed E-state index contributed by atoms with van der Waals surface area (Å²) < 4.78 is 1.94. The van der Waals surface area contributed by atoms with E-state index in [4.69, 9.17) is 5.73 Å². The van der Waals surface area contributed by atoms with Crippen molar-refractivity contribution >= 4 is 5.78 Å². The summed E-state index contributed by atoms with van der Waals surface area (Å²) in [6.07, 6.45) is 7.72. The summed E-state index contributed by atoms with van der Waals surface area (Å²) in [5.41, 5.74) is 5.80. The normalized spacial score (nSPS) is 12.7. The molecule has 0 saturated carbocycles. The molecule has 0 aliphatic carbocycles. The van der Waals surface area contributed by atoms with E-state index in [0.717, 1.165) is 25.1 Å². The molecule has 4 heteroatoms. The van der Waals surface area contributed by atoms with Crippen molar-refractivity contribution in [2.45, 2.75) is 45.1 Å². The van der Waals surface area contributed by atoms with Gasteiger partial charge in [0.15, 0.2) is 0 Å². The van der Waals surface area contributed by atoms with Crippen LogP contribution in [0.2, 0.25) is 0 Å². The van der Waals surface area contributed by atoms with Crippen molar-refractivity contribution in [3.63, 3.8) is 0 Å². The molecule has 0 fully saturated rings.